The Morgan fingerprint density at radius 3 is 2.59 bits per heavy atom. The summed E-state index contributed by atoms with van der Waals surface area (Å²) in [6.45, 7) is 7.74. The number of carbonyl (C=O) groups is 1. The van der Waals surface area contributed by atoms with Crippen LogP contribution in [0.1, 0.15) is 39.7 Å². The fourth-order valence-electron chi connectivity index (χ4n) is 3.09. The van der Waals surface area contributed by atoms with Gasteiger partial charge in [-0.25, -0.2) is 4.79 Å². The molecule has 1 aliphatic heterocycles. The van der Waals surface area contributed by atoms with Gasteiger partial charge in [0.25, 0.3) is 5.69 Å². The molecule has 0 aromatic heterocycles. The number of nitro benzene ring substituents is 1. The predicted molar refractivity (Wildman–Crippen MR) is 102 cm³/mol. The molecule has 1 atom stereocenters. The second kappa shape index (κ2) is 7.92. The number of non-ortho nitro benzene ring substituents is 1. The highest BCUT2D eigenvalue weighted by Crippen LogP contribution is 2.43. The van der Waals surface area contributed by atoms with Crippen molar-refractivity contribution in [2.45, 2.75) is 45.1 Å². The minimum absolute atomic E-state index is 0.0260. The van der Waals surface area contributed by atoms with E-state index in [4.69, 9.17) is 9.47 Å². The third kappa shape index (κ3) is 4.54. The van der Waals surface area contributed by atoms with Gasteiger partial charge in [-0.1, -0.05) is 12.1 Å². The number of nitrogens with one attached hydrogen (secondary N) is 1. The van der Waals surface area contributed by atoms with Crippen LogP contribution < -0.4 is 5.32 Å². The molecule has 0 amide bonds. The number of rotatable bonds is 6. The van der Waals surface area contributed by atoms with Crippen LogP contribution in [0.25, 0.3) is 0 Å². The zero-order chi connectivity index (χ0) is 20.2. The van der Waals surface area contributed by atoms with Crippen LogP contribution in [0.3, 0.4) is 0 Å². The molecule has 7 nitrogen and oxygen atoms in total. The van der Waals surface area contributed by atoms with E-state index in [1.807, 2.05) is 13.1 Å². The molecule has 1 aliphatic rings. The number of carbonyl (C=O) groups excluding carboxylic acids is 1. The second-order valence-corrected chi connectivity index (χ2v) is 7.57. The number of benzene rings is 1. The van der Waals surface area contributed by atoms with Crippen molar-refractivity contribution < 1.29 is 19.2 Å². The summed E-state index contributed by atoms with van der Waals surface area (Å²) in [5.74, 6) is -0.466. The Balaban J connectivity index is 2.56. The normalized spacial score (nSPS) is 19.6. The molecular weight excluding hydrogens is 348 g/mol. The lowest BCUT2D eigenvalue weighted by Gasteiger charge is -2.37. The number of hydrogen-bond acceptors (Lipinski definition) is 6. The minimum Gasteiger partial charge on any atom is -0.457 e. The number of hydrogen-bond donors (Lipinski definition) is 1. The molecule has 1 heterocycles. The highest BCUT2D eigenvalue weighted by Gasteiger charge is 2.42. The smallest absolute Gasteiger partial charge is 0.337 e. The number of nitro groups is 1. The molecule has 1 aromatic rings. The van der Waals surface area contributed by atoms with Gasteiger partial charge in [0.05, 0.1) is 17.1 Å². The molecule has 7 heteroatoms. The molecule has 0 aliphatic carbocycles. The zero-order valence-electron chi connectivity index (χ0n) is 16.4. The summed E-state index contributed by atoms with van der Waals surface area (Å²) in [6, 6.07) is 6.35. The maximum absolute atomic E-state index is 12.9. The van der Waals surface area contributed by atoms with Gasteiger partial charge in [-0.15, -0.1) is 0 Å². The Bertz CT molecular complexity index is 792. The fraction of sp³-hybridized carbons (Fsp3) is 0.450. The predicted octanol–water partition coefficient (Wildman–Crippen LogP) is 3.60. The number of dihydropyridines is 1. The number of nitrogens with zero attached hydrogens (tertiary/aromatic N) is 1. The molecule has 0 spiro atoms. The van der Waals surface area contributed by atoms with Crippen LogP contribution >= 0.6 is 0 Å². The standard InChI is InChI=1S/C20H26N2O5/c1-19(2,3)27-18(23)17-13-21-12-15(9-10-26-5)20(17,4)14-7-6-8-16(11-14)22(24)25/h6-8,11-13,21H,9-10H2,1-5H3. The average molecular weight is 374 g/mol. The maximum Gasteiger partial charge on any atom is 0.337 e. The summed E-state index contributed by atoms with van der Waals surface area (Å²) < 4.78 is 10.8. The Morgan fingerprint density at radius 2 is 2.00 bits per heavy atom. The highest BCUT2D eigenvalue weighted by molar-refractivity contribution is 5.93. The summed E-state index contributed by atoms with van der Waals surface area (Å²) in [6.07, 6.45) is 3.97. The quantitative estimate of drug-likeness (QED) is 0.465. The van der Waals surface area contributed by atoms with Gasteiger partial charge in [0.15, 0.2) is 0 Å². The van der Waals surface area contributed by atoms with E-state index in [9.17, 15) is 14.9 Å². The van der Waals surface area contributed by atoms with E-state index in [0.717, 1.165) is 5.57 Å². The first-order valence-electron chi connectivity index (χ1n) is 8.73. The third-order valence-corrected chi connectivity index (χ3v) is 4.49. The van der Waals surface area contributed by atoms with Gasteiger partial charge in [-0.3, -0.25) is 10.1 Å². The zero-order valence-corrected chi connectivity index (χ0v) is 16.4. The van der Waals surface area contributed by atoms with E-state index in [2.05, 4.69) is 5.32 Å². The van der Waals surface area contributed by atoms with Crippen molar-refractivity contribution in [1.29, 1.82) is 0 Å². The lowest BCUT2D eigenvalue weighted by atomic mass is 9.68. The molecule has 27 heavy (non-hydrogen) atoms. The molecule has 0 radical (unpaired) electrons. The average Bonchev–Trinajstić information content (AvgIpc) is 2.59. The van der Waals surface area contributed by atoms with E-state index < -0.39 is 21.9 Å². The molecule has 2 rings (SSSR count). The van der Waals surface area contributed by atoms with Crippen LogP contribution in [0.2, 0.25) is 0 Å². The second-order valence-electron chi connectivity index (χ2n) is 7.57. The summed E-state index contributed by atoms with van der Waals surface area (Å²) in [4.78, 5) is 23.7. The first-order valence-corrected chi connectivity index (χ1v) is 8.73. The lowest BCUT2D eigenvalue weighted by Crippen LogP contribution is -2.39. The fourth-order valence-corrected chi connectivity index (χ4v) is 3.09. The summed E-state index contributed by atoms with van der Waals surface area (Å²) in [5.41, 5.74) is 0.368. The first-order chi connectivity index (χ1) is 12.6. The topological polar surface area (TPSA) is 90.7 Å². The van der Waals surface area contributed by atoms with Crippen LogP contribution in [0.4, 0.5) is 5.69 Å². The molecule has 1 unspecified atom stereocenters. The summed E-state index contributed by atoms with van der Waals surface area (Å²) in [7, 11) is 1.60. The Morgan fingerprint density at radius 1 is 1.30 bits per heavy atom. The Labute approximate surface area is 159 Å². The number of methoxy groups -OCH3 is 1. The first kappa shape index (κ1) is 20.6. The van der Waals surface area contributed by atoms with Gasteiger partial charge in [-0.2, -0.15) is 0 Å². The minimum atomic E-state index is -0.877. The highest BCUT2D eigenvalue weighted by atomic mass is 16.6. The van der Waals surface area contributed by atoms with Gasteiger partial charge in [-0.05, 0) is 45.3 Å². The van der Waals surface area contributed by atoms with Gasteiger partial charge in [0, 0.05) is 37.1 Å². The molecule has 0 saturated heterocycles. The molecule has 0 saturated carbocycles. The van der Waals surface area contributed by atoms with Gasteiger partial charge in [0.2, 0.25) is 0 Å². The number of ether oxygens (including phenoxy) is 2. The van der Waals surface area contributed by atoms with Crippen LogP contribution in [0.15, 0.2) is 47.8 Å². The van der Waals surface area contributed by atoms with E-state index in [1.54, 1.807) is 46.2 Å². The van der Waals surface area contributed by atoms with E-state index in [-0.39, 0.29) is 5.69 Å². The van der Waals surface area contributed by atoms with E-state index in [0.29, 0.717) is 24.2 Å². The van der Waals surface area contributed by atoms with Crippen molar-refractivity contribution in [2.75, 3.05) is 13.7 Å². The molecular formula is C20H26N2O5. The van der Waals surface area contributed by atoms with Crippen LogP contribution in [0.5, 0.6) is 0 Å². The van der Waals surface area contributed by atoms with Crippen molar-refractivity contribution in [3.05, 3.63) is 63.5 Å². The largest absolute Gasteiger partial charge is 0.457 e. The summed E-state index contributed by atoms with van der Waals surface area (Å²) in [5, 5.41) is 14.3. The van der Waals surface area contributed by atoms with Crippen LogP contribution in [-0.2, 0) is 19.7 Å². The van der Waals surface area contributed by atoms with Crippen LogP contribution in [-0.4, -0.2) is 30.2 Å². The van der Waals surface area contributed by atoms with Crippen molar-refractivity contribution in [2.24, 2.45) is 0 Å². The maximum atomic E-state index is 12.9. The van der Waals surface area contributed by atoms with Crippen LogP contribution in [0, 0.1) is 10.1 Å². The van der Waals surface area contributed by atoms with Crippen molar-refractivity contribution in [3.63, 3.8) is 0 Å². The summed E-state index contributed by atoms with van der Waals surface area (Å²) >= 11 is 0. The van der Waals surface area contributed by atoms with Crippen molar-refractivity contribution in [3.8, 4) is 0 Å². The molecule has 0 bridgehead atoms. The molecule has 1 aromatic carbocycles. The Kier molecular flexibility index (Phi) is 6.05. The SMILES string of the molecule is COCCC1=CNC=C(C(=O)OC(C)(C)C)C1(C)c1cccc([N+](=O)[O-])c1. The monoisotopic (exact) mass is 374 g/mol. The van der Waals surface area contributed by atoms with Gasteiger partial charge >= 0.3 is 5.97 Å². The van der Waals surface area contributed by atoms with Crippen molar-refractivity contribution >= 4 is 11.7 Å². The Hall–Kier alpha value is -2.67. The molecule has 1 N–H and O–H groups in total. The third-order valence-electron chi connectivity index (χ3n) is 4.49. The van der Waals surface area contributed by atoms with Gasteiger partial charge < -0.3 is 14.8 Å². The molecule has 146 valence electrons. The lowest BCUT2D eigenvalue weighted by molar-refractivity contribution is -0.384. The van der Waals surface area contributed by atoms with E-state index >= 15 is 0 Å². The van der Waals surface area contributed by atoms with E-state index in [1.165, 1.54) is 12.1 Å². The van der Waals surface area contributed by atoms with Crippen molar-refractivity contribution in [1.82, 2.24) is 5.32 Å². The molecule has 0 fully saturated rings. The van der Waals surface area contributed by atoms with Gasteiger partial charge in [0.1, 0.15) is 5.60 Å². The number of esters is 1.